The van der Waals surface area contributed by atoms with E-state index in [1.807, 2.05) is 12.2 Å². The van der Waals surface area contributed by atoms with Crippen LogP contribution in [0.2, 0.25) is 0 Å². The Morgan fingerprint density at radius 1 is 0.542 bits per heavy atom. The molecular weight excluding hydrogens is 590 g/mol. The molecule has 280 valence electrons. The SMILES string of the molecule is CCCCCCCCCCCCCCCCCCNC(=O)C1=CC=CC(CCCCCCCCCCCCCCCCCC)(C(N)=O)N1. The Hall–Kier alpha value is -1.78. The molecule has 0 bridgehead atoms. The predicted molar refractivity (Wildman–Crippen MR) is 209 cm³/mol. The van der Waals surface area contributed by atoms with Gasteiger partial charge in [0.05, 0.1) is 0 Å². The van der Waals surface area contributed by atoms with E-state index in [2.05, 4.69) is 24.5 Å². The third kappa shape index (κ3) is 24.4. The molecule has 5 nitrogen and oxygen atoms in total. The molecule has 0 aromatic carbocycles. The minimum absolute atomic E-state index is 0.141. The smallest absolute Gasteiger partial charge is 0.267 e. The summed E-state index contributed by atoms with van der Waals surface area (Å²) in [6.45, 7) is 5.23. The van der Waals surface area contributed by atoms with E-state index in [1.165, 1.54) is 180 Å². The Balaban J connectivity index is 2.03. The second-order valence-electron chi connectivity index (χ2n) is 15.0. The Morgan fingerprint density at radius 2 is 0.875 bits per heavy atom. The quantitative estimate of drug-likeness (QED) is 0.0580. The van der Waals surface area contributed by atoms with Gasteiger partial charge < -0.3 is 16.4 Å². The summed E-state index contributed by atoms with van der Waals surface area (Å²) in [5.41, 5.74) is 5.35. The van der Waals surface area contributed by atoms with Crippen molar-refractivity contribution in [3.63, 3.8) is 0 Å². The van der Waals surface area contributed by atoms with Gasteiger partial charge in [-0.25, -0.2) is 0 Å². The minimum atomic E-state index is -0.967. The van der Waals surface area contributed by atoms with Gasteiger partial charge in [-0.1, -0.05) is 219 Å². The van der Waals surface area contributed by atoms with Gasteiger partial charge in [-0.3, -0.25) is 9.59 Å². The minimum Gasteiger partial charge on any atom is -0.367 e. The first-order valence-electron chi connectivity index (χ1n) is 21.3. The molecular formula is C43H81N3O2. The number of nitrogens with two attached hydrogens (primary N) is 1. The van der Waals surface area contributed by atoms with Crippen LogP contribution < -0.4 is 16.4 Å². The first-order chi connectivity index (χ1) is 23.6. The van der Waals surface area contributed by atoms with E-state index in [-0.39, 0.29) is 5.91 Å². The van der Waals surface area contributed by atoms with E-state index in [1.54, 1.807) is 6.08 Å². The van der Waals surface area contributed by atoms with Crippen molar-refractivity contribution in [2.45, 2.75) is 231 Å². The van der Waals surface area contributed by atoms with E-state index in [0.717, 1.165) is 25.7 Å². The van der Waals surface area contributed by atoms with Gasteiger partial charge in [0.25, 0.3) is 5.91 Å². The lowest BCUT2D eigenvalue weighted by molar-refractivity contribution is -0.123. The normalized spacial score (nSPS) is 15.8. The molecule has 5 heteroatoms. The van der Waals surface area contributed by atoms with Crippen LogP contribution in [0.15, 0.2) is 23.9 Å². The molecule has 4 N–H and O–H groups in total. The zero-order valence-electron chi connectivity index (χ0n) is 32.2. The third-order valence-electron chi connectivity index (χ3n) is 10.4. The molecule has 0 spiro atoms. The van der Waals surface area contributed by atoms with Crippen LogP contribution in [0.3, 0.4) is 0 Å². The second-order valence-corrected chi connectivity index (χ2v) is 15.0. The number of unbranched alkanes of at least 4 members (excludes halogenated alkanes) is 30. The number of hydrogen-bond donors (Lipinski definition) is 3. The molecule has 1 rings (SSSR count). The fourth-order valence-electron chi connectivity index (χ4n) is 7.10. The lowest BCUT2D eigenvalue weighted by Gasteiger charge is -2.32. The molecule has 2 amide bonds. The molecule has 0 saturated carbocycles. The highest BCUT2D eigenvalue weighted by atomic mass is 16.2. The molecule has 0 aliphatic carbocycles. The lowest BCUT2D eigenvalue weighted by Crippen LogP contribution is -2.56. The van der Waals surface area contributed by atoms with Crippen LogP contribution in [0.5, 0.6) is 0 Å². The average molecular weight is 672 g/mol. The summed E-state index contributed by atoms with van der Waals surface area (Å²) in [6.07, 6.45) is 48.6. The summed E-state index contributed by atoms with van der Waals surface area (Å²) in [6, 6.07) is 0. The fourth-order valence-corrected chi connectivity index (χ4v) is 7.10. The molecule has 1 unspecified atom stereocenters. The summed E-state index contributed by atoms with van der Waals surface area (Å²) < 4.78 is 0. The zero-order chi connectivity index (χ0) is 34.8. The van der Waals surface area contributed by atoms with Crippen molar-refractivity contribution in [3.05, 3.63) is 23.9 Å². The number of rotatable bonds is 36. The highest BCUT2D eigenvalue weighted by molar-refractivity contribution is 5.96. The Morgan fingerprint density at radius 3 is 1.23 bits per heavy atom. The summed E-state index contributed by atoms with van der Waals surface area (Å²) in [5, 5.41) is 6.26. The second kappa shape index (κ2) is 32.4. The van der Waals surface area contributed by atoms with Crippen molar-refractivity contribution in [2.24, 2.45) is 5.73 Å². The Kier molecular flexibility index (Phi) is 29.9. The van der Waals surface area contributed by atoms with E-state index in [4.69, 9.17) is 5.73 Å². The fraction of sp³-hybridized carbons (Fsp3) is 0.860. The number of amides is 2. The molecule has 1 aliphatic rings. The number of nitrogens with one attached hydrogen (secondary N) is 2. The van der Waals surface area contributed by atoms with Crippen LogP contribution in [-0.2, 0) is 9.59 Å². The third-order valence-corrected chi connectivity index (χ3v) is 10.4. The maximum Gasteiger partial charge on any atom is 0.267 e. The van der Waals surface area contributed by atoms with Crippen molar-refractivity contribution < 1.29 is 9.59 Å². The Labute approximate surface area is 298 Å². The predicted octanol–water partition coefficient (Wildman–Crippen LogP) is 12.3. The largest absolute Gasteiger partial charge is 0.367 e. The molecule has 0 aromatic rings. The van der Waals surface area contributed by atoms with Crippen molar-refractivity contribution in [1.29, 1.82) is 0 Å². The number of allylic oxidation sites excluding steroid dienone is 2. The molecule has 1 aliphatic heterocycles. The lowest BCUT2D eigenvalue weighted by atomic mass is 9.88. The number of carbonyl (C=O) groups excluding carboxylic acids is 2. The molecule has 0 radical (unpaired) electrons. The van der Waals surface area contributed by atoms with Gasteiger partial charge in [-0.2, -0.15) is 0 Å². The highest BCUT2D eigenvalue weighted by Gasteiger charge is 2.36. The number of primary amides is 1. The van der Waals surface area contributed by atoms with Gasteiger partial charge in [0.2, 0.25) is 5.91 Å². The number of hydrogen-bond acceptors (Lipinski definition) is 3. The van der Waals surface area contributed by atoms with Crippen LogP contribution in [0.1, 0.15) is 226 Å². The summed E-state index contributed by atoms with van der Waals surface area (Å²) in [4.78, 5) is 25.4. The molecule has 0 saturated heterocycles. The van der Waals surface area contributed by atoms with Crippen LogP contribution in [0.25, 0.3) is 0 Å². The van der Waals surface area contributed by atoms with E-state index >= 15 is 0 Å². The maximum atomic E-state index is 12.9. The van der Waals surface area contributed by atoms with Crippen LogP contribution in [0.4, 0.5) is 0 Å². The average Bonchev–Trinajstić information content (AvgIpc) is 3.09. The van der Waals surface area contributed by atoms with Gasteiger partial charge in [-0.15, -0.1) is 0 Å². The summed E-state index contributed by atoms with van der Waals surface area (Å²) in [7, 11) is 0. The molecule has 1 atom stereocenters. The van der Waals surface area contributed by atoms with Crippen LogP contribution >= 0.6 is 0 Å². The zero-order valence-corrected chi connectivity index (χ0v) is 32.2. The highest BCUT2D eigenvalue weighted by Crippen LogP contribution is 2.23. The van der Waals surface area contributed by atoms with Crippen molar-refractivity contribution >= 4 is 11.8 Å². The van der Waals surface area contributed by atoms with Gasteiger partial charge in [0.1, 0.15) is 11.2 Å². The summed E-state index contributed by atoms with van der Waals surface area (Å²) in [5.74, 6) is -0.547. The van der Waals surface area contributed by atoms with Gasteiger partial charge in [-0.05, 0) is 25.0 Å². The van der Waals surface area contributed by atoms with Crippen molar-refractivity contribution in [2.75, 3.05) is 6.54 Å². The molecule has 1 heterocycles. The first kappa shape index (κ1) is 44.2. The van der Waals surface area contributed by atoms with Crippen LogP contribution in [0, 0.1) is 0 Å². The van der Waals surface area contributed by atoms with E-state index < -0.39 is 11.4 Å². The van der Waals surface area contributed by atoms with Crippen molar-refractivity contribution in [3.8, 4) is 0 Å². The first-order valence-corrected chi connectivity index (χ1v) is 21.3. The Bertz CT molecular complexity index is 823. The standard InChI is InChI=1S/C43H81N3O2/c1-3-5-7-9-11-13-15-17-19-21-23-25-27-29-31-33-37-43(42(44)48)38-35-36-40(46-43)41(47)45-39-34-32-30-28-26-24-22-20-18-16-14-12-10-8-6-4-2/h35-36,38,46H,3-34,37,39H2,1-2H3,(H2,44,48)(H,45,47). The number of dihydropyridines is 1. The molecule has 0 fully saturated rings. The van der Waals surface area contributed by atoms with Gasteiger partial charge in [0, 0.05) is 6.54 Å². The maximum absolute atomic E-state index is 12.9. The molecule has 48 heavy (non-hydrogen) atoms. The van der Waals surface area contributed by atoms with Crippen molar-refractivity contribution in [1.82, 2.24) is 10.6 Å². The van der Waals surface area contributed by atoms with E-state index in [9.17, 15) is 9.59 Å². The topological polar surface area (TPSA) is 84.2 Å². The van der Waals surface area contributed by atoms with Gasteiger partial charge >= 0.3 is 0 Å². The summed E-state index contributed by atoms with van der Waals surface area (Å²) >= 11 is 0. The van der Waals surface area contributed by atoms with E-state index in [0.29, 0.717) is 18.7 Å². The van der Waals surface area contributed by atoms with Gasteiger partial charge in [0.15, 0.2) is 0 Å². The molecule has 0 aromatic heterocycles. The monoisotopic (exact) mass is 672 g/mol. The number of carbonyl (C=O) groups is 2. The van der Waals surface area contributed by atoms with Crippen LogP contribution in [-0.4, -0.2) is 23.9 Å².